The molecular weight excluding hydrogens is 478 g/mol. The van der Waals surface area contributed by atoms with Crippen LogP contribution in [-0.2, 0) is 16.1 Å². The molecule has 1 unspecified atom stereocenters. The largest absolute Gasteiger partial charge is 0.339 e. The predicted octanol–water partition coefficient (Wildman–Crippen LogP) is 4.04. The lowest BCUT2D eigenvalue weighted by atomic mass is 10.1. The molecule has 0 spiro atoms. The number of nitrogens with zero attached hydrogens (tertiary/aromatic N) is 5. The summed E-state index contributed by atoms with van der Waals surface area (Å²) in [6.07, 6.45) is 3.29. The van der Waals surface area contributed by atoms with Crippen LogP contribution in [-0.4, -0.2) is 37.0 Å². The summed E-state index contributed by atoms with van der Waals surface area (Å²) >= 11 is 6.17. The molecule has 10 heteroatoms. The van der Waals surface area contributed by atoms with E-state index in [2.05, 4.69) is 31.0 Å². The maximum Gasteiger partial charge on any atom is 0.251 e. The SMILES string of the molecule is O=C(Cn1nnc(-c2ccccc2)n1)NC(C(=O)Nc1cncc2ccccc12)c1cccc(Cl)c1. The minimum atomic E-state index is -1.02. The van der Waals surface area contributed by atoms with Crippen LogP contribution in [0, 0.1) is 0 Å². The quantitative estimate of drug-likeness (QED) is 0.351. The monoisotopic (exact) mass is 497 g/mol. The molecule has 1 atom stereocenters. The molecule has 0 aliphatic heterocycles. The summed E-state index contributed by atoms with van der Waals surface area (Å²) in [6, 6.07) is 22.6. The van der Waals surface area contributed by atoms with Gasteiger partial charge >= 0.3 is 0 Å². The van der Waals surface area contributed by atoms with Crippen LogP contribution in [0.2, 0.25) is 5.02 Å². The van der Waals surface area contributed by atoms with E-state index in [1.807, 2.05) is 54.6 Å². The van der Waals surface area contributed by atoms with E-state index in [-0.39, 0.29) is 6.54 Å². The fraction of sp³-hybridized carbons (Fsp3) is 0.0769. The first kappa shape index (κ1) is 23.1. The minimum Gasteiger partial charge on any atom is -0.339 e. The smallest absolute Gasteiger partial charge is 0.251 e. The molecule has 0 radical (unpaired) electrons. The molecule has 2 aromatic heterocycles. The van der Waals surface area contributed by atoms with Crippen LogP contribution in [0.1, 0.15) is 11.6 Å². The van der Waals surface area contributed by atoms with Gasteiger partial charge in [-0.05, 0) is 22.9 Å². The summed E-state index contributed by atoms with van der Waals surface area (Å²) in [5.74, 6) is -0.514. The number of anilines is 1. The highest BCUT2D eigenvalue weighted by molar-refractivity contribution is 6.30. The van der Waals surface area contributed by atoms with E-state index in [1.165, 1.54) is 4.80 Å². The zero-order valence-electron chi connectivity index (χ0n) is 18.9. The second kappa shape index (κ2) is 10.3. The van der Waals surface area contributed by atoms with Gasteiger partial charge in [0.15, 0.2) is 0 Å². The zero-order valence-corrected chi connectivity index (χ0v) is 19.6. The number of benzene rings is 3. The molecule has 3 aromatic carbocycles. The lowest BCUT2D eigenvalue weighted by Gasteiger charge is -2.19. The van der Waals surface area contributed by atoms with Crippen molar-refractivity contribution in [3.05, 3.63) is 102 Å². The van der Waals surface area contributed by atoms with Crippen LogP contribution in [0.3, 0.4) is 0 Å². The zero-order chi connectivity index (χ0) is 24.9. The Bertz CT molecular complexity index is 1530. The molecule has 5 rings (SSSR count). The number of hydrogen-bond acceptors (Lipinski definition) is 6. The fourth-order valence-electron chi connectivity index (χ4n) is 3.76. The van der Waals surface area contributed by atoms with Gasteiger partial charge in [-0.1, -0.05) is 78.3 Å². The number of carbonyl (C=O) groups excluding carboxylic acids is 2. The highest BCUT2D eigenvalue weighted by atomic mass is 35.5. The Morgan fingerprint density at radius 2 is 1.75 bits per heavy atom. The van der Waals surface area contributed by atoms with Crippen molar-refractivity contribution in [2.75, 3.05) is 5.32 Å². The summed E-state index contributed by atoms with van der Waals surface area (Å²) in [4.78, 5) is 31.7. The van der Waals surface area contributed by atoms with E-state index in [4.69, 9.17) is 11.6 Å². The summed E-state index contributed by atoms with van der Waals surface area (Å²) in [5.41, 5.74) is 1.84. The highest BCUT2D eigenvalue weighted by Gasteiger charge is 2.24. The Morgan fingerprint density at radius 3 is 2.58 bits per heavy atom. The van der Waals surface area contributed by atoms with Gasteiger partial charge in [-0.25, -0.2) is 0 Å². The molecule has 36 heavy (non-hydrogen) atoms. The lowest BCUT2D eigenvalue weighted by Crippen LogP contribution is -2.39. The number of rotatable bonds is 7. The van der Waals surface area contributed by atoms with Gasteiger partial charge in [0.25, 0.3) is 5.91 Å². The van der Waals surface area contributed by atoms with Crippen molar-refractivity contribution in [1.29, 1.82) is 0 Å². The fourth-order valence-corrected chi connectivity index (χ4v) is 3.95. The van der Waals surface area contributed by atoms with E-state index in [0.29, 0.717) is 22.1 Å². The van der Waals surface area contributed by atoms with Crippen LogP contribution in [0.25, 0.3) is 22.2 Å². The maximum atomic E-state index is 13.4. The van der Waals surface area contributed by atoms with Crippen molar-refractivity contribution in [2.24, 2.45) is 0 Å². The topological polar surface area (TPSA) is 115 Å². The number of pyridine rings is 1. The number of fused-ring (bicyclic) bond motifs is 1. The van der Waals surface area contributed by atoms with Gasteiger partial charge in [-0.2, -0.15) is 4.80 Å². The highest BCUT2D eigenvalue weighted by Crippen LogP contribution is 2.24. The van der Waals surface area contributed by atoms with Gasteiger partial charge in [-0.3, -0.25) is 14.6 Å². The Balaban J connectivity index is 1.36. The summed E-state index contributed by atoms with van der Waals surface area (Å²) in [6.45, 7) is -0.222. The van der Waals surface area contributed by atoms with Gasteiger partial charge in [0, 0.05) is 27.6 Å². The second-order valence-electron chi connectivity index (χ2n) is 7.96. The van der Waals surface area contributed by atoms with E-state index in [1.54, 1.807) is 36.7 Å². The molecule has 9 nitrogen and oxygen atoms in total. The van der Waals surface area contributed by atoms with Crippen LogP contribution in [0.4, 0.5) is 5.69 Å². The van der Waals surface area contributed by atoms with Crippen LogP contribution < -0.4 is 10.6 Å². The Labute approximate surface area is 211 Å². The van der Waals surface area contributed by atoms with Crippen molar-refractivity contribution in [1.82, 2.24) is 30.5 Å². The van der Waals surface area contributed by atoms with Crippen molar-refractivity contribution in [3.63, 3.8) is 0 Å². The molecule has 0 saturated carbocycles. The second-order valence-corrected chi connectivity index (χ2v) is 8.40. The normalized spacial score (nSPS) is 11.7. The van der Waals surface area contributed by atoms with E-state index >= 15 is 0 Å². The number of aromatic nitrogens is 5. The van der Waals surface area contributed by atoms with E-state index in [0.717, 1.165) is 16.3 Å². The first-order valence-corrected chi connectivity index (χ1v) is 11.5. The first-order chi connectivity index (χ1) is 17.6. The Kier molecular flexibility index (Phi) is 6.63. The predicted molar refractivity (Wildman–Crippen MR) is 136 cm³/mol. The number of halogens is 1. The first-order valence-electron chi connectivity index (χ1n) is 11.1. The molecule has 0 fully saturated rings. The van der Waals surface area contributed by atoms with E-state index < -0.39 is 17.9 Å². The van der Waals surface area contributed by atoms with Crippen LogP contribution in [0.15, 0.2) is 91.3 Å². The Hall–Kier alpha value is -4.63. The summed E-state index contributed by atoms with van der Waals surface area (Å²) in [7, 11) is 0. The molecule has 2 heterocycles. The number of hydrogen-bond donors (Lipinski definition) is 2. The summed E-state index contributed by atoms with van der Waals surface area (Å²) < 4.78 is 0. The molecule has 178 valence electrons. The average molecular weight is 498 g/mol. The molecule has 0 aliphatic carbocycles. The molecular formula is C26H20ClN7O2. The van der Waals surface area contributed by atoms with Gasteiger partial charge in [0.2, 0.25) is 11.7 Å². The Morgan fingerprint density at radius 1 is 0.944 bits per heavy atom. The summed E-state index contributed by atoms with van der Waals surface area (Å²) in [5, 5.41) is 20.0. The third-order valence-corrected chi connectivity index (χ3v) is 5.68. The van der Waals surface area contributed by atoms with Gasteiger partial charge in [0.05, 0.1) is 11.9 Å². The van der Waals surface area contributed by atoms with Gasteiger partial charge in [-0.15, -0.1) is 10.2 Å². The molecule has 0 aliphatic rings. The molecule has 0 saturated heterocycles. The van der Waals surface area contributed by atoms with Gasteiger partial charge < -0.3 is 10.6 Å². The molecule has 5 aromatic rings. The van der Waals surface area contributed by atoms with Crippen LogP contribution in [0.5, 0.6) is 0 Å². The number of nitrogens with one attached hydrogen (secondary N) is 2. The molecule has 0 bridgehead atoms. The van der Waals surface area contributed by atoms with E-state index in [9.17, 15) is 9.59 Å². The third kappa shape index (κ3) is 5.21. The third-order valence-electron chi connectivity index (χ3n) is 5.45. The van der Waals surface area contributed by atoms with Crippen molar-refractivity contribution in [3.8, 4) is 11.4 Å². The average Bonchev–Trinajstić information content (AvgIpc) is 3.36. The van der Waals surface area contributed by atoms with Crippen molar-refractivity contribution >= 4 is 39.9 Å². The van der Waals surface area contributed by atoms with Crippen molar-refractivity contribution in [2.45, 2.75) is 12.6 Å². The number of amides is 2. The molecule has 2 N–H and O–H groups in total. The van der Waals surface area contributed by atoms with Gasteiger partial charge in [0.1, 0.15) is 12.6 Å². The molecule has 2 amide bonds. The van der Waals surface area contributed by atoms with Crippen LogP contribution >= 0.6 is 11.6 Å². The van der Waals surface area contributed by atoms with Crippen molar-refractivity contribution < 1.29 is 9.59 Å². The number of carbonyl (C=O) groups is 2. The maximum absolute atomic E-state index is 13.4. The minimum absolute atomic E-state index is 0.222. The lowest BCUT2D eigenvalue weighted by molar-refractivity contribution is -0.127. The number of tetrazole rings is 1. The standard InChI is InChI=1S/C26H20ClN7O2/c27-20-11-6-10-18(13-20)24(26(36)29-22-15-28-14-19-9-4-5-12-21(19)22)30-23(35)16-34-32-25(31-33-34)17-7-2-1-3-8-17/h1-15,24H,16H2,(H,29,36)(H,30,35).